The number of hydrogen-bond donors (Lipinski definition) is 1. The Labute approximate surface area is 187 Å². The van der Waals surface area contributed by atoms with Crippen molar-refractivity contribution in [1.29, 1.82) is 0 Å². The van der Waals surface area contributed by atoms with Crippen molar-refractivity contribution in [1.82, 2.24) is 4.98 Å². The zero-order valence-corrected chi connectivity index (χ0v) is 17.5. The van der Waals surface area contributed by atoms with E-state index in [9.17, 15) is 14.7 Å². The van der Waals surface area contributed by atoms with Gasteiger partial charge in [-0.25, -0.2) is 4.98 Å². The molecule has 1 aliphatic heterocycles. The van der Waals surface area contributed by atoms with Crippen molar-refractivity contribution in [3.63, 3.8) is 0 Å². The molecule has 2 heterocycles. The summed E-state index contributed by atoms with van der Waals surface area (Å²) in [5.41, 5.74) is 0.673. The molecule has 0 bridgehead atoms. The van der Waals surface area contributed by atoms with Gasteiger partial charge in [0.25, 0.3) is 5.78 Å². The van der Waals surface area contributed by atoms with Crippen LogP contribution in [0.5, 0.6) is 0 Å². The number of halogens is 3. The molecule has 0 unspecified atom stereocenters. The highest BCUT2D eigenvalue weighted by atomic mass is 35.5. The Balaban J connectivity index is 1.98. The van der Waals surface area contributed by atoms with Gasteiger partial charge in [0.05, 0.1) is 11.6 Å². The normalized spacial score (nSPS) is 18.1. The summed E-state index contributed by atoms with van der Waals surface area (Å²) >= 11 is 18.4. The van der Waals surface area contributed by atoms with Gasteiger partial charge < -0.3 is 5.11 Å². The molecule has 4 rings (SSSR count). The second-order valence-electron chi connectivity index (χ2n) is 6.53. The van der Waals surface area contributed by atoms with E-state index in [0.717, 1.165) is 0 Å². The van der Waals surface area contributed by atoms with Crippen molar-refractivity contribution in [3.8, 4) is 0 Å². The van der Waals surface area contributed by atoms with E-state index in [1.165, 1.54) is 17.2 Å². The van der Waals surface area contributed by atoms with Gasteiger partial charge in [0.2, 0.25) is 0 Å². The van der Waals surface area contributed by atoms with E-state index in [2.05, 4.69) is 4.98 Å². The molecule has 1 saturated heterocycles. The first-order valence-electron chi connectivity index (χ1n) is 8.81. The molecule has 0 radical (unpaired) electrons. The van der Waals surface area contributed by atoms with Gasteiger partial charge in [-0.15, -0.1) is 0 Å². The summed E-state index contributed by atoms with van der Waals surface area (Å²) in [4.78, 5) is 31.4. The number of carbonyl (C=O) groups excluding carboxylic acids is 2. The molecule has 0 aliphatic carbocycles. The molecule has 8 heteroatoms. The van der Waals surface area contributed by atoms with Crippen LogP contribution < -0.4 is 4.90 Å². The Kier molecular flexibility index (Phi) is 5.52. The molecular formula is C22H13Cl3N2O3. The average Bonchev–Trinajstić information content (AvgIpc) is 2.99. The highest BCUT2D eigenvalue weighted by molar-refractivity contribution is 6.52. The number of nitrogens with zero attached hydrogens (tertiary/aromatic N) is 2. The fraction of sp³-hybridized carbons (Fsp3) is 0.0455. The van der Waals surface area contributed by atoms with Crippen LogP contribution in [0.15, 0.2) is 72.4 Å². The number of amides is 1. The lowest BCUT2D eigenvalue weighted by atomic mass is 9.95. The van der Waals surface area contributed by atoms with E-state index < -0.39 is 17.7 Å². The lowest BCUT2D eigenvalue weighted by Gasteiger charge is -2.25. The molecular weight excluding hydrogens is 447 g/mol. The number of anilines is 1. The topological polar surface area (TPSA) is 70.5 Å². The van der Waals surface area contributed by atoms with E-state index in [-0.39, 0.29) is 22.2 Å². The fourth-order valence-electron chi connectivity index (χ4n) is 3.35. The molecule has 150 valence electrons. The molecule has 0 spiro atoms. The number of hydrogen-bond acceptors (Lipinski definition) is 4. The number of carbonyl (C=O) groups is 2. The van der Waals surface area contributed by atoms with Gasteiger partial charge in [-0.2, -0.15) is 0 Å². The molecule has 30 heavy (non-hydrogen) atoms. The van der Waals surface area contributed by atoms with Crippen LogP contribution in [-0.2, 0) is 9.59 Å². The first-order valence-corrected chi connectivity index (χ1v) is 9.95. The monoisotopic (exact) mass is 458 g/mol. The van der Waals surface area contributed by atoms with Gasteiger partial charge in [0.15, 0.2) is 0 Å². The standard InChI is InChI=1S/C22H13Cl3N2O3/c23-13-6-4-12(5-7-13)20(28)18-19(15-9-8-14(24)11-16(15)25)27(22(30)21(18)29)17-3-1-2-10-26-17/h1-11,19,28H/t19-/m1/s1. The molecule has 1 aromatic heterocycles. The van der Waals surface area contributed by atoms with Gasteiger partial charge in [-0.3, -0.25) is 14.5 Å². The largest absolute Gasteiger partial charge is 0.507 e. The summed E-state index contributed by atoms with van der Waals surface area (Å²) in [5, 5.41) is 12.1. The van der Waals surface area contributed by atoms with Gasteiger partial charge >= 0.3 is 5.91 Å². The van der Waals surface area contributed by atoms with E-state index in [1.807, 2.05) is 0 Å². The van der Waals surface area contributed by atoms with Gasteiger partial charge in [-0.1, -0.05) is 46.9 Å². The lowest BCUT2D eigenvalue weighted by Crippen LogP contribution is -2.30. The summed E-state index contributed by atoms with van der Waals surface area (Å²) in [6, 6.07) is 15.0. The Morgan fingerprint density at radius 1 is 0.933 bits per heavy atom. The summed E-state index contributed by atoms with van der Waals surface area (Å²) < 4.78 is 0. The average molecular weight is 460 g/mol. The molecule has 1 aliphatic rings. The minimum atomic E-state index is -0.986. The SMILES string of the molecule is O=C1C(=O)N(c2ccccn2)[C@H](c2ccc(Cl)cc2Cl)C1=C(O)c1ccc(Cl)cc1. The van der Waals surface area contributed by atoms with Crippen molar-refractivity contribution in [2.45, 2.75) is 6.04 Å². The van der Waals surface area contributed by atoms with E-state index in [1.54, 1.807) is 54.6 Å². The Morgan fingerprint density at radius 2 is 1.63 bits per heavy atom. The second-order valence-corrected chi connectivity index (χ2v) is 7.81. The van der Waals surface area contributed by atoms with Crippen molar-refractivity contribution in [3.05, 3.63) is 98.6 Å². The number of rotatable bonds is 3. The highest BCUT2D eigenvalue weighted by Gasteiger charge is 2.48. The third-order valence-corrected chi connectivity index (χ3v) is 5.53. The summed E-state index contributed by atoms with van der Waals surface area (Å²) in [5.74, 6) is -1.74. The molecule has 1 atom stereocenters. The second kappa shape index (κ2) is 8.11. The Bertz CT molecular complexity index is 1180. The van der Waals surface area contributed by atoms with Crippen LogP contribution in [0.25, 0.3) is 5.76 Å². The minimum absolute atomic E-state index is 0.0998. The molecule has 1 fully saturated rings. The fourth-order valence-corrected chi connectivity index (χ4v) is 3.98. The lowest BCUT2D eigenvalue weighted by molar-refractivity contribution is -0.132. The third-order valence-electron chi connectivity index (χ3n) is 4.72. The van der Waals surface area contributed by atoms with Crippen LogP contribution in [0.3, 0.4) is 0 Å². The van der Waals surface area contributed by atoms with E-state index in [4.69, 9.17) is 34.8 Å². The van der Waals surface area contributed by atoms with E-state index >= 15 is 0 Å². The van der Waals surface area contributed by atoms with Crippen molar-refractivity contribution < 1.29 is 14.7 Å². The van der Waals surface area contributed by atoms with Gasteiger partial charge in [0, 0.05) is 26.8 Å². The van der Waals surface area contributed by atoms with Crippen LogP contribution in [0, 0.1) is 0 Å². The van der Waals surface area contributed by atoms with Gasteiger partial charge in [0.1, 0.15) is 11.6 Å². The first-order chi connectivity index (χ1) is 14.4. The van der Waals surface area contributed by atoms with Crippen LogP contribution in [-0.4, -0.2) is 21.8 Å². The number of ketones is 1. The molecule has 2 aromatic carbocycles. The maximum Gasteiger partial charge on any atom is 0.301 e. The number of pyridine rings is 1. The first kappa shape index (κ1) is 20.4. The van der Waals surface area contributed by atoms with Crippen molar-refractivity contribution in [2.75, 3.05) is 4.90 Å². The maximum absolute atomic E-state index is 13.0. The van der Waals surface area contributed by atoms with Crippen LogP contribution in [0.1, 0.15) is 17.2 Å². The predicted octanol–water partition coefficient (Wildman–Crippen LogP) is 5.67. The quantitative estimate of drug-likeness (QED) is 0.311. The molecule has 1 N–H and O–H groups in total. The number of benzene rings is 2. The van der Waals surface area contributed by atoms with Gasteiger partial charge in [-0.05, 0) is 54.1 Å². The third kappa shape index (κ3) is 3.56. The van der Waals surface area contributed by atoms with Crippen molar-refractivity contribution in [2.24, 2.45) is 0 Å². The van der Waals surface area contributed by atoms with Crippen molar-refractivity contribution >= 4 is 58.1 Å². The smallest absolute Gasteiger partial charge is 0.301 e. The maximum atomic E-state index is 13.0. The minimum Gasteiger partial charge on any atom is -0.507 e. The highest BCUT2D eigenvalue weighted by Crippen LogP contribution is 2.44. The number of aliphatic hydroxyl groups is 1. The number of Topliss-reactive ketones (excluding diaryl/α,β-unsaturated/α-hetero) is 1. The predicted molar refractivity (Wildman–Crippen MR) is 117 cm³/mol. The summed E-state index contributed by atoms with van der Waals surface area (Å²) in [6.07, 6.45) is 1.51. The summed E-state index contributed by atoms with van der Waals surface area (Å²) in [6.45, 7) is 0. The van der Waals surface area contributed by atoms with Crippen LogP contribution in [0.2, 0.25) is 15.1 Å². The summed E-state index contributed by atoms with van der Waals surface area (Å²) in [7, 11) is 0. The zero-order chi connectivity index (χ0) is 21.4. The van der Waals surface area contributed by atoms with Crippen LogP contribution >= 0.6 is 34.8 Å². The Morgan fingerprint density at radius 3 is 2.27 bits per heavy atom. The molecule has 3 aromatic rings. The van der Waals surface area contributed by atoms with E-state index in [0.29, 0.717) is 21.2 Å². The zero-order valence-electron chi connectivity index (χ0n) is 15.2. The number of aliphatic hydroxyl groups excluding tert-OH is 1. The molecule has 5 nitrogen and oxygen atoms in total. The van der Waals surface area contributed by atoms with Crippen LogP contribution in [0.4, 0.5) is 5.82 Å². The molecule has 0 saturated carbocycles. The Hall–Kier alpha value is -2.86. The molecule has 1 amide bonds. The number of aromatic nitrogens is 1.